The van der Waals surface area contributed by atoms with Crippen LogP contribution in [0.1, 0.15) is 25.8 Å². The number of rotatable bonds is 4. The summed E-state index contributed by atoms with van der Waals surface area (Å²) in [6.45, 7) is 5.49. The molecule has 1 fully saturated rings. The van der Waals surface area contributed by atoms with Gasteiger partial charge in [0, 0.05) is 25.1 Å². The molecule has 1 aliphatic rings. The van der Waals surface area contributed by atoms with E-state index >= 15 is 0 Å². The average Bonchev–Trinajstić information content (AvgIpc) is 2.42. The highest BCUT2D eigenvalue weighted by molar-refractivity contribution is 6.00. The van der Waals surface area contributed by atoms with E-state index in [1.165, 1.54) is 0 Å². The maximum absolute atomic E-state index is 12.0. The summed E-state index contributed by atoms with van der Waals surface area (Å²) in [6, 6.07) is 5.75. The number of ketones is 1. The van der Waals surface area contributed by atoms with Crippen LogP contribution in [0.3, 0.4) is 0 Å². The first kappa shape index (κ1) is 15.6. The first-order valence-corrected chi connectivity index (χ1v) is 7.26. The molecule has 0 radical (unpaired) electrons. The molecule has 1 heterocycles. The number of hydrogen-bond acceptors (Lipinski definition) is 4. The third-order valence-electron chi connectivity index (χ3n) is 3.41. The molecule has 1 aromatic carbocycles. The van der Waals surface area contributed by atoms with Gasteiger partial charge in [0.1, 0.15) is 0 Å². The van der Waals surface area contributed by atoms with Crippen molar-refractivity contribution in [3.05, 3.63) is 29.3 Å². The number of piperidine rings is 1. The number of ether oxygens (including phenoxy) is 2. The van der Waals surface area contributed by atoms with Crippen LogP contribution in [0.5, 0.6) is 11.5 Å². The molecule has 0 N–H and O–H groups in total. The molecular weight excluding hydrogens is 266 g/mol. The van der Waals surface area contributed by atoms with Crippen LogP contribution in [-0.2, 0) is 4.79 Å². The predicted molar refractivity (Wildman–Crippen MR) is 83.9 cm³/mol. The zero-order valence-electron chi connectivity index (χ0n) is 13.2. The molecule has 1 aliphatic heterocycles. The average molecular weight is 289 g/mol. The quantitative estimate of drug-likeness (QED) is 0.799. The second-order valence-corrected chi connectivity index (χ2v) is 5.66. The van der Waals surface area contributed by atoms with E-state index in [1.54, 1.807) is 7.11 Å². The van der Waals surface area contributed by atoms with Crippen LogP contribution in [0.25, 0.3) is 6.08 Å². The summed E-state index contributed by atoms with van der Waals surface area (Å²) in [5, 5.41) is 0. The van der Waals surface area contributed by atoms with Crippen LogP contribution < -0.4 is 9.47 Å². The Kier molecular flexibility index (Phi) is 5.02. The van der Waals surface area contributed by atoms with E-state index in [2.05, 4.69) is 4.90 Å². The van der Waals surface area contributed by atoms with E-state index < -0.39 is 0 Å². The fourth-order valence-corrected chi connectivity index (χ4v) is 2.37. The first-order chi connectivity index (χ1) is 9.99. The molecule has 0 saturated carbocycles. The van der Waals surface area contributed by atoms with Gasteiger partial charge >= 0.3 is 0 Å². The molecule has 114 valence electrons. The van der Waals surface area contributed by atoms with Crippen molar-refractivity contribution in [2.24, 2.45) is 0 Å². The van der Waals surface area contributed by atoms with E-state index in [1.807, 2.05) is 45.2 Å². The van der Waals surface area contributed by atoms with Crippen molar-refractivity contribution in [1.29, 1.82) is 0 Å². The number of carbonyl (C=O) groups is 1. The van der Waals surface area contributed by atoms with Crippen molar-refractivity contribution >= 4 is 11.9 Å². The lowest BCUT2D eigenvalue weighted by Gasteiger charge is -2.23. The lowest BCUT2D eigenvalue weighted by molar-refractivity contribution is -0.117. The molecule has 0 aromatic heterocycles. The fourth-order valence-electron chi connectivity index (χ4n) is 2.37. The van der Waals surface area contributed by atoms with Gasteiger partial charge in [-0.1, -0.05) is 6.07 Å². The van der Waals surface area contributed by atoms with E-state index in [-0.39, 0.29) is 11.9 Å². The molecule has 2 rings (SSSR count). The van der Waals surface area contributed by atoms with Crippen LogP contribution in [-0.4, -0.2) is 44.0 Å². The monoisotopic (exact) mass is 289 g/mol. The maximum atomic E-state index is 12.0. The Balaban J connectivity index is 2.29. The summed E-state index contributed by atoms with van der Waals surface area (Å²) < 4.78 is 11.1. The Labute approximate surface area is 126 Å². The zero-order valence-corrected chi connectivity index (χ0v) is 13.2. The largest absolute Gasteiger partial charge is 0.493 e. The highest BCUT2D eigenvalue weighted by atomic mass is 16.5. The third-order valence-corrected chi connectivity index (χ3v) is 3.41. The minimum atomic E-state index is 0.0734. The lowest BCUT2D eigenvalue weighted by Crippen LogP contribution is -2.32. The predicted octanol–water partition coefficient (Wildman–Crippen LogP) is 2.77. The second-order valence-electron chi connectivity index (χ2n) is 5.66. The fraction of sp³-hybridized carbons (Fsp3) is 0.471. The van der Waals surface area contributed by atoms with Gasteiger partial charge in [-0.25, -0.2) is 0 Å². The molecule has 4 nitrogen and oxygen atoms in total. The summed E-state index contributed by atoms with van der Waals surface area (Å²) in [5.74, 6) is 1.65. The van der Waals surface area contributed by atoms with Gasteiger partial charge < -0.3 is 14.4 Å². The topological polar surface area (TPSA) is 38.8 Å². The molecule has 0 amide bonds. The summed E-state index contributed by atoms with van der Waals surface area (Å²) in [5.41, 5.74) is 1.81. The van der Waals surface area contributed by atoms with Crippen LogP contribution in [0.2, 0.25) is 0 Å². The van der Waals surface area contributed by atoms with Gasteiger partial charge in [0.2, 0.25) is 0 Å². The number of likely N-dealkylation sites (tertiary alicyclic amines) is 1. The van der Waals surface area contributed by atoms with Gasteiger partial charge in [0.25, 0.3) is 0 Å². The molecule has 21 heavy (non-hydrogen) atoms. The van der Waals surface area contributed by atoms with Crippen molar-refractivity contribution in [1.82, 2.24) is 4.90 Å². The van der Waals surface area contributed by atoms with Crippen LogP contribution in [0, 0.1) is 0 Å². The second kappa shape index (κ2) is 6.76. The Bertz CT molecular complexity index is 549. The van der Waals surface area contributed by atoms with Crippen molar-refractivity contribution in [2.75, 3.05) is 27.2 Å². The van der Waals surface area contributed by atoms with Crippen molar-refractivity contribution in [3.63, 3.8) is 0 Å². The van der Waals surface area contributed by atoms with Crippen LogP contribution in [0.4, 0.5) is 0 Å². The standard InChI is InChI=1S/C17H23NO3/c1-12(2)21-17-10-13(5-6-16(17)20-4)9-14-11-18(3)8-7-15(14)19/h5-6,9-10,12H,7-8,11H2,1-4H3/b14-9+. The molecule has 0 spiro atoms. The molecule has 0 aliphatic carbocycles. The number of nitrogens with zero attached hydrogens (tertiary/aromatic N) is 1. The highest BCUT2D eigenvalue weighted by Gasteiger charge is 2.18. The Hall–Kier alpha value is -1.81. The van der Waals surface area contributed by atoms with Gasteiger partial charge in [-0.3, -0.25) is 4.79 Å². The number of benzene rings is 1. The van der Waals surface area contributed by atoms with E-state index in [0.29, 0.717) is 24.5 Å². The summed E-state index contributed by atoms with van der Waals surface area (Å²) in [7, 11) is 3.65. The SMILES string of the molecule is COc1ccc(/C=C2\CN(C)CCC2=O)cc1OC(C)C. The zero-order chi connectivity index (χ0) is 15.4. The Morgan fingerprint density at radius 3 is 2.71 bits per heavy atom. The van der Waals surface area contributed by atoms with Gasteiger partial charge in [-0.05, 0) is 44.7 Å². The Morgan fingerprint density at radius 2 is 2.05 bits per heavy atom. The molecular formula is C17H23NO3. The molecule has 0 unspecified atom stereocenters. The van der Waals surface area contributed by atoms with Gasteiger partial charge in [-0.15, -0.1) is 0 Å². The molecule has 4 heteroatoms. The van der Waals surface area contributed by atoms with E-state index in [4.69, 9.17) is 9.47 Å². The number of Topliss-reactive ketones (excluding diaryl/α,β-unsaturated/α-hetero) is 1. The number of methoxy groups -OCH3 is 1. The van der Waals surface area contributed by atoms with Crippen LogP contribution in [0.15, 0.2) is 23.8 Å². The molecule has 0 bridgehead atoms. The highest BCUT2D eigenvalue weighted by Crippen LogP contribution is 2.30. The maximum Gasteiger partial charge on any atom is 0.162 e. The first-order valence-electron chi connectivity index (χ1n) is 7.26. The minimum Gasteiger partial charge on any atom is -0.493 e. The van der Waals surface area contributed by atoms with Crippen molar-refractivity contribution < 1.29 is 14.3 Å². The normalized spacial score (nSPS) is 18.3. The van der Waals surface area contributed by atoms with Crippen LogP contribution >= 0.6 is 0 Å². The third kappa shape index (κ3) is 4.08. The van der Waals surface area contributed by atoms with E-state index in [9.17, 15) is 4.79 Å². The lowest BCUT2D eigenvalue weighted by atomic mass is 10.0. The van der Waals surface area contributed by atoms with E-state index in [0.717, 1.165) is 17.7 Å². The van der Waals surface area contributed by atoms with Crippen molar-refractivity contribution in [3.8, 4) is 11.5 Å². The summed E-state index contributed by atoms with van der Waals surface area (Å²) in [6.07, 6.45) is 2.61. The number of likely N-dealkylation sites (N-methyl/N-ethyl adjacent to an activating group) is 1. The van der Waals surface area contributed by atoms with Gasteiger partial charge in [-0.2, -0.15) is 0 Å². The minimum absolute atomic E-state index is 0.0734. The summed E-state index contributed by atoms with van der Waals surface area (Å²) in [4.78, 5) is 14.1. The van der Waals surface area contributed by atoms with Gasteiger partial charge in [0.05, 0.1) is 13.2 Å². The van der Waals surface area contributed by atoms with Crippen molar-refractivity contribution in [2.45, 2.75) is 26.4 Å². The molecule has 1 saturated heterocycles. The number of hydrogen-bond donors (Lipinski definition) is 0. The number of carbonyl (C=O) groups excluding carboxylic acids is 1. The Morgan fingerprint density at radius 1 is 1.29 bits per heavy atom. The summed E-state index contributed by atoms with van der Waals surface area (Å²) >= 11 is 0. The molecule has 1 aromatic rings. The smallest absolute Gasteiger partial charge is 0.162 e. The van der Waals surface area contributed by atoms with Gasteiger partial charge in [0.15, 0.2) is 17.3 Å². The molecule has 0 atom stereocenters.